The van der Waals surface area contributed by atoms with Crippen molar-refractivity contribution in [3.8, 4) is 5.75 Å². The SMILES string of the molecule is Cc1cc(C(=O)NC2(CBr)CCCC(C)C2)ccc1O. The Labute approximate surface area is 128 Å². The summed E-state index contributed by atoms with van der Waals surface area (Å²) in [6, 6.07) is 4.99. The molecule has 1 saturated carbocycles. The van der Waals surface area contributed by atoms with Crippen LogP contribution in [-0.4, -0.2) is 21.9 Å². The second kappa shape index (κ2) is 6.17. The average Bonchev–Trinajstić information content (AvgIpc) is 2.41. The van der Waals surface area contributed by atoms with Crippen LogP contribution < -0.4 is 5.32 Å². The summed E-state index contributed by atoms with van der Waals surface area (Å²) in [6.07, 6.45) is 4.43. The number of nitrogens with one attached hydrogen (secondary N) is 1. The Morgan fingerprint density at radius 1 is 1.55 bits per heavy atom. The van der Waals surface area contributed by atoms with Crippen molar-refractivity contribution in [1.29, 1.82) is 0 Å². The van der Waals surface area contributed by atoms with Gasteiger partial charge in [-0.1, -0.05) is 35.7 Å². The first-order chi connectivity index (χ1) is 9.46. The third kappa shape index (κ3) is 3.35. The normalized spacial score (nSPS) is 26.2. The topological polar surface area (TPSA) is 49.3 Å². The van der Waals surface area contributed by atoms with Crippen LogP contribution >= 0.6 is 15.9 Å². The highest BCUT2D eigenvalue weighted by Gasteiger charge is 2.35. The fourth-order valence-corrected chi connectivity index (χ4v) is 3.69. The van der Waals surface area contributed by atoms with Crippen molar-refractivity contribution >= 4 is 21.8 Å². The number of aromatic hydroxyl groups is 1. The summed E-state index contributed by atoms with van der Waals surface area (Å²) >= 11 is 3.57. The summed E-state index contributed by atoms with van der Waals surface area (Å²) in [5.41, 5.74) is 1.20. The van der Waals surface area contributed by atoms with Gasteiger partial charge in [0.2, 0.25) is 0 Å². The predicted octanol–water partition coefficient (Wildman–Crippen LogP) is 3.77. The first-order valence-electron chi connectivity index (χ1n) is 7.14. The van der Waals surface area contributed by atoms with E-state index in [0.717, 1.165) is 30.2 Å². The van der Waals surface area contributed by atoms with E-state index in [4.69, 9.17) is 0 Å². The number of phenolic OH excluding ortho intramolecular Hbond substituents is 1. The second-order valence-corrected chi connectivity index (χ2v) is 6.63. The molecule has 3 nitrogen and oxygen atoms in total. The molecule has 2 N–H and O–H groups in total. The number of hydrogen-bond donors (Lipinski definition) is 2. The highest BCUT2D eigenvalue weighted by atomic mass is 79.9. The minimum atomic E-state index is -0.138. The number of carbonyl (C=O) groups is 1. The summed E-state index contributed by atoms with van der Waals surface area (Å²) in [4.78, 5) is 12.4. The number of hydrogen-bond acceptors (Lipinski definition) is 2. The van der Waals surface area contributed by atoms with Crippen molar-refractivity contribution in [1.82, 2.24) is 5.32 Å². The largest absolute Gasteiger partial charge is 0.508 e. The smallest absolute Gasteiger partial charge is 0.251 e. The summed E-state index contributed by atoms with van der Waals surface area (Å²) in [5, 5.41) is 13.5. The van der Waals surface area contributed by atoms with Crippen LogP contribution in [0.5, 0.6) is 5.75 Å². The number of rotatable bonds is 3. The molecule has 2 unspecified atom stereocenters. The molecule has 4 heteroatoms. The zero-order valence-electron chi connectivity index (χ0n) is 12.1. The Morgan fingerprint density at radius 3 is 2.90 bits per heavy atom. The van der Waals surface area contributed by atoms with Gasteiger partial charge in [-0.2, -0.15) is 0 Å². The lowest BCUT2D eigenvalue weighted by atomic mass is 9.77. The van der Waals surface area contributed by atoms with E-state index in [2.05, 4.69) is 28.2 Å². The van der Waals surface area contributed by atoms with Crippen LogP contribution in [0.15, 0.2) is 18.2 Å². The molecular weight excluding hydrogens is 318 g/mol. The Balaban J connectivity index is 2.14. The van der Waals surface area contributed by atoms with Gasteiger partial charge in [0.15, 0.2) is 0 Å². The van der Waals surface area contributed by atoms with Crippen molar-refractivity contribution in [3.63, 3.8) is 0 Å². The first kappa shape index (κ1) is 15.4. The number of alkyl halides is 1. The fourth-order valence-electron chi connectivity index (χ4n) is 3.04. The van der Waals surface area contributed by atoms with Gasteiger partial charge in [-0.25, -0.2) is 0 Å². The van der Waals surface area contributed by atoms with Gasteiger partial charge in [-0.15, -0.1) is 0 Å². The van der Waals surface area contributed by atoms with Crippen LogP contribution in [0.1, 0.15) is 48.5 Å². The lowest BCUT2D eigenvalue weighted by Crippen LogP contribution is -2.52. The molecule has 0 heterocycles. The van der Waals surface area contributed by atoms with Gasteiger partial charge in [-0.3, -0.25) is 4.79 Å². The first-order valence-corrected chi connectivity index (χ1v) is 8.26. The zero-order valence-corrected chi connectivity index (χ0v) is 13.7. The Morgan fingerprint density at radius 2 is 2.30 bits per heavy atom. The number of benzene rings is 1. The van der Waals surface area contributed by atoms with E-state index in [1.165, 1.54) is 6.42 Å². The van der Waals surface area contributed by atoms with E-state index in [0.29, 0.717) is 11.5 Å². The Kier molecular flexibility index (Phi) is 4.74. The number of aryl methyl sites for hydroxylation is 1. The van der Waals surface area contributed by atoms with E-state index in [1.807, 2.05) is 0 Å². The van der Waals surface area contributed by atoms with Crippen molar-refractivity contribution in [2.75, 3.05) is 5.33 Å². The number of amides is 1. The monoisotopic (exact) mass is 339 g/mol. The van der Waals surface area contributed by atoms with Gasteiger partial charge in [-0.05, 0) is 49.4 Å². The van der Waals surface area contributed by atoms with E-state index in [-0.39, 0.29) is 17.2 Å². The van der Waals surface area contributed by atoms with E-state index < -0.39 is 0 Å². The van der Waals surface area contributed by atoms with Gasteiger partial charge in [0.25, 0.3) is 5.91 Å². The molecule has 1 fully saturated rings. The maximum atomic E-state index is 12.4. The molecule has 0 bridgehead atoms. The quantitative estimate of drug-likeness (QED) is 0.823. The third-order valence-electron chi connectivity index (χ3n) is 4.18. The van der Waals surface area contributed by atoms with Crippen LogP contribution in [0.3, 0.4) is 0 Å². The number of carbonyl (C=O) groups excluding carboxylic acids is 1. The molecular formula is C16H22BrNO2. The van der Waals surface area contributed by atoms with Crippen LogP contribution in [0.2, 0.25) is 0 Å². The van der Waals surface area contributed by atoms with Crippen LogP contribution in [0.25, 0.3) is 0 Å². The molecule has 20 heavy (non-hydrogen) atoms. The number of halogens is 1. The van der Waals surface area contributed by atoms with Crippen molar-refractivity contribution < 1.29 is 9.90 Å². The predicted molar refractivity (Wildman–Crippen MR) is 84.5 cm³/mol. The molecule has 1 aromatic carbocycles. The van der Waals surface area contributed by atoms with E-state index in [9.17, 15) is 9.90 Å². The molecule has 1 amide bonds. The molecule has 0 aromatic heterocycles. The summed E-state index contributed by atoms with van der Waals surface area (Å²) in [7, 11) is 0. The summed E-state index contributed by atoms with van der Waals surface area (Å²) in [5.74, 6) is 0.813. The maximum Gasteiger partial charge on any atom is 0.251 e. The molecule has 1 aliphatic carbocycles. The molecule has 2 atom stereocenters. The summed E-state index contributed by atoms with van der Waals surface area (Å²) < 4.78 is 0. The van der Waals surface area contributed by atoms with Gasteiger partial charge in [0.1, 0.15) is 5.75 Å². The van der Waals surface area contributed by atoms with Gasteiger partial charge >= 0.3 is 0 Å². The highest BCUT2D eigenvalue weighted by molar-refractivity contribution is 9.09. The lowest BCUT2D eigenvalue weighted by Gasteiger charge is -2.39. The Bertz CT molecular complexity index is 503. The minimum Gasteiger partial charge on any atom is -0.508 e. The molecule has 0 spiro atoms. The second-order valence-electron chi connectivity index (χ2n) is 6.07. The molecule has 0 saturated heterocycles. The van der Waals surface area contributed by atoms with E-state index in [1.54, 1.807) is 25.1 Å². The third-order valence-corrected chi connectivity index (χ3v) is 5.26. The Hall–Kier alpha value is -1.03. The molecule has 0 radical (unpaired) electrons. The standard InChI is InChI=1S/C16H22BrNO2/c1-11-4-3-7-16(9-11,10-17)18-15(20)13-5-6-14(19)12(2)8-13/h5-6,8,11,19H,3-4,7,9-10H2,1-2H3,(H,18,20). The van der Waals surface area contributed by atoms with Gasteiger partial charge in [0.05, 0.1) is 5.54 Å². The molecule has 0 aliphatic heterocycles. The van der Waals surface area contributed by atoms with Crippen LogP contribution in [-0.2, 0) is 0 Å². The van der Waals surface area contributed by atoms with Gasteiger partial charge in [0, 0.05) is 10.9 Å². The molecule has 2 rings (SSSR count). The summed E-state index contributed by atoms with van der Waals surface area (Å²) in [6.45, 7) is 4.04. The molecule has 1 aliphatic rings. The molecule has 1 aromatic rings. The van der Waals surface area contributed by atoms with Crippen LogP contribution in [0, 0.1) is 12.8 Å². The fraction of sp³-hybridized carbons (Fsp3) is 0.562. The maximum absolute atomic E-state index is 12.4. The van der Waals surface area contributed by atoms with E-state index >= 15 is 0 Å². The number of phenols is 1. The zero-order chi connectivity index (χ0) is 14.8. The van der Waals surface area contributed by atoms with Gasteiger partial charge < -0.3 is 10.4 Å². The average molecular weight is 340 g/mol. The molecule has 110 valence electrons. The highest BCUT2D eigenvalue weighted by Crippen LogP contribution is 2.34. The van der Waals surface area contributed by atoms with Crippen molar-refractivity contribution in [2.24, 2.45) is 5.92 Å². The van der Waals surface area contributed by atoms with Crippen molar-refractivity contribution in [3.05, 3.63) is 29.3 Å². The minimum absolute atomic E-state index is 0.0540. The van der Waals surface area contributed by atoms with Crippen LogP contribution in [0.4, 0.5) is 0 Å². The van der Waals surface area contributed by atoms with Crippen molar-refractivity contribution in [2.45, 2.75) is 45.1 Å². The lowest BCUT2D eigenvalue weighted by molar-refractivity contribution is 0.0869.